The molecule has 1 unspecified atom stereocenters. The second kappa shape index (κ2) is 6.02. The molecule has 0 amide bonds. The Morgan fingerprint density at radius 3 is 2.30 bits per heavy atom. The summed E-state index contributed by atoms with van der Waals surface area (Å²) in [5.74, 6) is 0.792. The molecule has 0 aliphatic rings. The zero-order valence-corrected chi connectivity index (χ0v) is 13.2. The van der Waals surface area contributed by atoms with Crippen LogP contribution in [0.1, 0.15) is 12.5 Å². The molecule has 3 aromatic carbocycles. The molecule has 0 aromatic heterocycles. The van der Waals surface area contributed by atoms with Crippen LogP contribution in [-0.4, -0.2) is 7.11 Å². The normalized spacial score (nSPS) is 13.1. The Morgan fingerprint density at radius 2 is 1.65 bits per heavy atom. The first-order valence-corrected chi connectivity index (χ1v) is 7.47. The molecule has 3 nitrogen and oxygen atoms in total. The van der Waals surface area contributed by atoms with E-state index >= 15 is 0 Å². The number of methoxy groups -OCH3 is 1. The van der Waals surface area contributed by atoms with Gasteiger partial charge in [0.05, 0.1) is 13.2 Å². The third-order valence-corrected chi connectivity index (χ3v) is 4.03. The zero-order valence-electron chi connectivity index (χ0n) is 13.2. The summed E-state index contributed by atoms with van der Waals surface area (Å²) in [5.41, 5.74) is 1.01. The van der Waals surface area contributed by atoms with Gasteiger partial charge in [0.1, 0.15) is 11.3 Å². The number of hydrogen-bond acceptors (Lipinski definition) is 3. The van der Waals surface area contributed by atoms with Crippen molar-refractivity contribution in [1.82, 2.24) is 0 Å². The molecule has 0 bridgehead atoms. The summed E-state index contributed by atoms with van der Waals surface area (Å²) in [5, 5.41) is 15.4. The Kier molecular flexibility index (Phi) is 3.91. The fourth-order valence-corrected chi connectivity index (χ4v) is 2.63. The fourth-order valence-electron chi connectivity index (χ4n) is 2.63. The largest absolute Gasteiger partial charge is 0.497 e. The predicted octanol–water partition coefficient (Wildman–Crippen LogP) is 4.70. The first-order chi connectivity index (χ1) is 11.1. The summed E-state index contributed by atoms with van der Waals surface area (Å²) in [4.78, 5) is 0. The van der Waals surface area contributed by atoms with Gasteiger partial charge in [0.2, 0.25) is 0 Å². The van der Waals surface area contributed by atoms with E-state index in [4.69, 9.17) is 4.74 Å². The van der Waals surface area contributed by atoms with Crippen LogP contribution in [0.3, 0.4) is 0 Å². The van der Waals surface area contributed by atoms with Gasteiger partial charge >= 0.3 is 0 Å². The number of nitrogens with zero attached hydrogens (tertiary/aromatic N) is 1. The lowest BCUT2D eigenvalue weighted by atomic mass is 9.91. The predicted molar refractivity (Wildman–Crippen MR) is 93.5 cm³/mol. The summed E-state index contributed by atoms with van der Waals surface area (Å²) < 4.78 is 5.17. The molecule has 3 heteroatoms. The van der Waals surface area contributed by atoms with Crippen molar-refractivity contribution in [3.63, 3.8) is 0 Å². The summed E-state index contributed by atoms with van der Waals surface area (Å²) in [6.07, 6.45) is 0. The SMILES string of the molecule is COc1ccc(NC(C)(C#N)c2ccc3ccccc3c2)cc1. The average Bonchev–Trinajstić information content (AvgIpc) is 2.62. The number of anilines is 1. The van der Waals surface area contributed by atoms with Crippen LogP contribution in [0.15, 0.2) is 66.7 Å². The number of fused-ring (bicyclic) bond motifs is 1. The minimum absolute atomic E-state index is 0.792. The quantitative estimate of drug-likeness (QED) is 0.760. The van der Waals surface area contributed by atoms with Gasteiger partial charge in [-0.3, -0.25) is 0 Å². The molecule has 114 valence electrons. The van der Waals surface area contributed by atoms with Crippen LogP contribution in [0.2, 0.25) is 0 Å². The maximum atomic E-state index is 9.74. The van der Waals surface area contributed by atoms with Gasteiger partial charge in [0.15, 0.2) is 0 Å². The molecule has 0 saturated heterocycles. The molecule has 0 fully saturated rings. The minimum atomic E-state index is -0.807. The molecular weight excluding hydrogens is 284 g/mol. The Balaban J connectivity index is 1.96. The number of ether oxygens (including phenoxy) is 1. The van der Waals surface area contributed by atoms with E-state index in [1.807, 2.05) is 49.4 Å². The van der Waals surface area contributed by atoms with Crippen molar-refractivity contribution in [2.75, 3.05) is 12.4 Å². The van der Waals surface area contributed by atoms with E-state index in [0.717, 1.165) is 22.4 Å². The Labute approximate surface area is 136 Å². The number of benzene rings is 3. The van der Waals surface area contributed by atoms with Gasteiger partial charge in [-0.15, -0.1) is 0 Å². The van der Waals surface area contributed by atoms with Crippen LogP contribution in [-0.2, 0) is 5.54 Å². The second-order valence-electron chi connectivity index (χ2n) is 5.65. The van der Waals surface area contributed by atoms with Crippen molar-refractivity contribution in [1.29, 1.82) is 5.26 Å². The highest BCUT2D eigenvalue weighted by Crippen LogP contribution is 2.29. The van der Waals surface area contributed by atoms with Gasteiger partial charge in [-0.2, -0.15) is 5.26 Å². The average molecular weight is 302 g/mol. The van der Waals surface area contributed by atoms with E-state index in [-0.39, 0.29) is 0 Å². The van der Waals surface area contributed by atoms with E-state index in [2.05, 4.69) is 35.7 Å². The van der Waals surface area contributed by atoms with Crippen LogP contribution in [0.4, 0.5) is 5.69 Å². The van der Waals surface area contributed by atoms with Gasteiger partial charge in [-0.1, -0.05) is 36.4 Å². The lowest BCUT2D eigenvalue weighted by molar-refractivity contribution is 0.415. The summed E-state index contributed by atoms with van der Waals surface area (Å²) in [6, 6.07) is 24.2. The van der Waals surface area contributed by atoms with E-state index in [1.54, 1.807) is 7.11 Å². The zero-order chi connectivity index (χ0) is 16.3. The fraction of sp³-hybridized carbons (Fsp3) is 0.150. The third kappa shape index (κ3) is 2.97. The van der Waals surface area contributed by atoms with E-state index in [0.29, 0.717) is 0 Å². The summed E-state index contributed by atoms with van der Waals surface area (Å²) in [6.45, 7) is 1.89. The van der Waals surface area contributed by atoms with Crippen molar-refractivity contribution in [2.24, 2.45) is 0 Å². The van der Waals surface area contributed by atoms with Crippen molar-refractivity contribution in [3.8, 4) is 11.8 Å². The van der Waals surface area contributed by atoms with Crippen molar-refractivity contribution in [3.05, 3.63) is 72.3 Å². The number of nitrogens with one attached hydrogen (secondary N) is 1. The van der Waals surface area contributed by atoms with Gasteiger partial charge in [0.25, 0.3) is 0 Å². The summed E-state index contributed by atoms with van der Waals surface area (Å²) in [7, 11) is 1.64. The van der Waals surface area contributed by atoms with Crippen LogP contribution in [0.25, 0.3) is 10.8 Å². The summed E-state index contributed by atoms with van der Waals surface area (Å²) >= 11 is 0. The smallest absolute Gasteiger partial charge is 0.148 e. The molecule has 0 aliphatic carbocycles. The highest BCUT2D eigenvalue weighted by Gasteiger charge is 2.26. The molecule has 23 heavy (non-hydrogen) atoms. The van der Waals surface area contributed by atoms with Gasteiger partial charge in [-0.25, -0.2) is 0 Å². The maximum Gasteiger partial charge on any atom is 0.148 e. The first kappa shape index (κ1) is 14.9. The highest BCUT2D eigenvalue weighted by molar-refractivity contribution is 5.83. The molecule has 0 radical (unpaired) electrons. The molecular formula is C20H18N2O. The standard InChI is InChI=1S/C20H18N2O/c1-20(14-21,22-18-9-11-19(23-2)12-10-18)17-8-7-15-5-3-4-6-16(15)13-17/h3-13,22H,1-2H3. The van der Waals surface area contributed by atoms with E-state index in [9.17, 15) is 5.26 Å². The van der Waals surface area contributed by atoms with Crippen molar-refractivity contribution >= 4 is 16.5 Å². The van der Waals surface area contributed by atoms with Crippen LogP contribution >= 0.6 is 0 Å². The van der Waals surface area contributed by atoms with Gasteiger partial charge in [0, 0.05) is 5.69 Å². The lowest BCUT2D eigenvalue weighted by Crippen LogP contribution is -2.29. The monoisotopic (exact) mass is 302 g/mol. The first-order valence-electron chi connectivity index (χ1n) is 7.47. The van der Waals surface area contributed by atoms with Crippen molar-refractivity contribution in [2.45, 2.75) is 12.5 Å². The van der Waals surface area contributed by atoms with Gasteiger partial charge < -0.3 is 10.1 Å². The molecule has 3 rings (SSSR count). The molecule has 3 aromatic rings. The molecule has 0 spiro atoms. The Hall–Kier alpha value is -2.99. The van der Waals surface area contributed by atoms with E-state index in [1.165, 1.54) is 5.39 Å². The minimum Gasteiger partial charge on any atom is -0.497 e. The van der Waals surface area contributed by atoms with Gasteiger partial charge in [-0.05, 0) is 53.6 Å². The molecule has 0 heterocycles. The number of rotatable bonds is 4. The Morgan fingerprint density at radius 1 is 0.957 bits per heavy atom. The molecule has 1 atom stereocenters. The number of nitriles is 1. The second-order valence-corrected chi connectivity index (χ2v) is 5.65. The highest BCUT2D eigenvalue weighted by atomic mass is 16.5. The van der Waals surface area contributed by atoms with Crippen molar-refractivity contribution < 1.29 is 4.74 Å². The topological polar surface area (TPSA) is 45.0 Å². The molecule has 1 N–H and O–H groups in total. The number of hydrogen-bond donors (Lipinski definition) is 1. The molecule has 0 saturated carbocycles. The van der Waals surface area contributed by atoms with Crippen LogP contribution in [0, 0.1) is 11.3 Å². The molecule has 0 aliphatic heterocycles. The van der Waals surface area contributed by atoms with Crippen LogP contribution in [0.5, 0.6) is 5.75 Å². The third-order valence-electron chi connectivity index (χ3n) is 4.03. The van der Waals surface area contributed by atoms with Crippen LogP contribution < -0.4 is 10.1 Å². The Bertz CT molecular complexity index is 865. The van der Waals surface area contributed by atoms with E-state index < -0.39 is 5.54 Å². The maximum absolute atomic E-state index is 9.74. The lowest BCUT2D eigenvalue weighted by Gasteiger charge is -2.25.